The summed E-state index contributed by atoms with van der Waals surface area (Å²) in [5, 5.41) is 0. The lowest BCUT2D eigenvalue weighted by Crippen LogP contribution is -2.38. The van der Waals surface area contributed by atoms with E-state index in [1.54, 1.807) is 0 Å². The van der Waals surface area contributed by atoms with Gasteiger partial charge in [-0.2, -0.15) is 0 Å². The fraction of sp³-hybridized carbons (Fsp3) is 0.700. The Morgan fingerprint density at radius 3 is 2.07 bits per heavy atom. The molecule has 1 saturated heterocycles. The number of carbonyl (C=O) groups is 3. The van der Waals surface area contributed by atoms with Gasteiger partial charge in [0.15, 0.2) is 0 Å². The maximum Gasteiger partial charge on any atom is 0.237 e. The van der Waals surface area contributed by atoms with Gasteiger partial charge in [0.25, 0.3) is 0 Å². The first-order valence-electron chi connectivity index (χ1n) is 5.25. The smallest absolute Gasteiger partial charge is 0.237 e. The van der Waals surface area contributed by atoms with E-state index >= 15 is 0 Å². The minimum Gasteiger partial charge on any atom is -0.368 e. The van der Waals surface area contributed by atoms with Crippen LogP contribution in [0.1, 0.15) is 25.7 Å². The highest BCUT2D eigenvalue weighted by Gasteiger charge is 2.48. The van der Waals surface area contributed by atoms with Crippen LogP contribution in [0.15, 0.2) is 0 Å². The van der Waals surface area contributed by atoms with Crippen LogP contribution < -0.4 is 5.73 Å². The summed E-state index contributed by atoms with van der Waals surface area (Å²) in [6.07, 6.45) is 3.52. The molecule has 5 nitrogen and oxygen atoms in total. The molecule has 1 saturated carbocycles. The van der Waals surface area contributed by atoms with Gasteiger partial charge in [0, 0.05) is 0 Å². The Balaban J connectivity index is 2.17. The van der Waals surface area contributed by atoms with Gasteiger partial charge in [0.1, 0.15) is 6.54 Å². The molecule has 2 rings (SSSR count). The van der Waals surface area contributed by atoms with Crippen LogP contribution in [-0.2, 0) is 14.4 Å². The minimum atomic E-state index is -0.629. The molecule has 3 amide bonds. The Bertz CT molecular complexity index is 303. The summed E-state index contributed by atoms with van der Waals surface area (Å²) >= 11 is 0. The number of nitrogens with two attached hydrogens (primary N) is 1. The van der Waals surface area contributed by atoms with Gasteiger partial charge in [-0.05, 0) is 12.8 Å². The maximum atomic E-state index is 11.8. The molecule has 0 radical (unpaired) electrons. The van der Waals surface area contributed by atoms with E-state index in [2.05, 4.69) is 0 Å². The van der Waals surface area contributed by atoms with E-state index in [1.807, 2.05) is 0 Å². The molecule has 82 valence electrons. The molecule has 0 aromatic carbocycles. The summed E-state index contributed by atoms with van der Waals surface area (Å²) in [7, 11) is 0. The van der Waals surface area contributed by atoms with Crippen molar-refractivity contribution >= 4 is 17.7 Å². The molecule has 0 unspecified atom stereocenters. The van der Waals surface area contributed by atoms with Crippen LogP contribution in [0.4, 0.5) is 0 Å². The van der Waals surface area contributed by atoms with E-state index < -0.39 is 5.91 Å². The standard InChI is InChI=1S/C10H14N2O3/c11-8(13)5-12-9(14)6-3-1-2-4-7(6)10(12)15/h6-7H,1-5H2,(H2,11,13)/t6-,7-/m1/s1. The predicted molar refractivity (Wildman–Crippen MR) is 51.4 cm³/mol. The number of rotatable bonds is 2. The lowest BCUT2D eigenvalue weighted by atomic mass is 9.81. The number of carbonyl (C=O) groups excluding carboxylic acids is 3. The Kier molecular flexibility index (Phi) is 2.46. The summed E-state index contributed by atoms with van der Waals surface area (Å²) in [6, 6.07) is 0. The van der Waals surface area contributed by atoms with Crippen LogP contribution in [-0.4, -0.2) is 29.2 Å². The van der Waals surface area contributed by atoms with Gasteiger partial charge in [-0.15, -0.1) is 0 Å². The molecule has 2 atom stereocenters. The lowest BCUT2D eigenvalue weighted by molar-refractivity contribution is -0.143. The van der Waals surface area contributed by atoms with Crippen molar-refractivity contribution in [3.63, 3.8) is 0 Å². The lowest BCUT2D eigenvalue weighted by Gasteiger charge is -2.19. The van der Waals surface area contributed by atoms with Crippen molar-refractivity contribution in [3.8, 4) is 0 Å². The van der Waals surface area contributed by atoms with E-state index in [-0.39, 0.29) is 30.2 Å². The molecule has 0 aromatic heterocycles. The summed E-state index contributed by atoms with van der Waals surface area (Å²) in [4.78, 5) is 35.3. The van der Waals surface area contributed by atoms with Gasteiger partial charge in [-0.1, -0.05) is 12.8 Å². The highest BCUT2D eigenvalue weighted by molar-refractivity contribution is 6.07. The van der Waals surface area contributed by atoms with E-state index in [0.717, 1.165) is 30.6 Å². The zero-order valence-electron chi connectivity index (χ0n) is 8.44. The van der Waals surface area contributed by atoms with Crippen LogP contribution in [0.2, 0.25) is 0 Å². The maximum absolute atomic E-state index is 11.8. The average molecular weight is 210 g/mol. The second kappa shape index (κ2) is 3.64. The molecule has 15 heavy (non-hydrogen) atoms. The van der Waals surface area contributed by atoms with Crippen LogP contribution >= 0.6 is 0 Å². The van der Waals surface area contributed by atoms with Gasteiger partial charge >= 0.3 is 0 Å². The van der Waals surface area contributed by atoms with Crippen LogP contribution in [0, 0.1) is 11.8 Å². The Hall–Kier alpha value is -1.39. The summed E-state index contributed by atoms with van der Waals surface area (Å²) in [6.45, 7) is -0.259. The van der Waals surface area contributed by atoms with Crippen LogP contribution in [0.25, 0.3) is 0 Å². The van der Waals surface area contributed by atoms with Gasteiger partial charge in [0.05, 0.1) is 11.8 Å². The van der Waals surface area contributed by atoms with Gasteiger partial charge in [0.2, 0.25) is 17.7 Å². The number of imide groups is 1. The number of fused-ring (bicyclic) bond motifs is 1. The van der Waals surface area contributed by atoms with Crippen molar-refractivity contribution in [2.45, 2.75) is 25.7 Å². The normalized spacial score (nSPS) is 30.5. The third-order valence-electron chi connectivity index (χ3n) is 3.25. The van der Waals surface area contributed by atoms with Crippen molar-refractivity contribution in [3.05, 3.63) is 0 Å². The highest BCUT2D eigenvalue weighted by atomic mass is 16.2. The Morgan fingerprint density at radius 2 is 1.67 bits per heavy atom. The van der Waals surface area contributed by atoms with Crippen molar-refractivity contribution in [1.82, 2.24) is 4.90 Å². The first kappa shape index (κ1) is 10.1. The van der Waals surface area contributed by atoms with Crippen LogP contribution in [0.5, 0.6) is 0 Å². The monoisotopic (exact) mass is 210 g/mol. The summed E-state index contributed by atoms with van der Waals surface area (Å²) in [5.41, 5.74) is 5.00. The van der Waals surface area contributed by atoms with E-state index in [0.29, 0.717) is 0 Å². The average Bonchev–Trinajstić information content (AvgIpc) is 2.44. The summed E-state index contributed by atoms with van der Waals surface area (Å²) < 4.78 is 0. The topological polar surface area (TPSA) is 80.5 Å². The van der Waals surface area contributed by atoms with Gasteiger partial charge in [-0.25, -0.2) is 0 Å². The van der Waals surface area contributed by atoms with Crippen LogP contribution in [0.3, 0.4) is 0 Å². The number of hydrogen-bond donors (Lipinski definition) is 1. The third-order valence-corrected chi connectivity index (χ3v) is 3.25. The fourth-order valence-corrected chi connectivity index (χ4v) is 2.54. The molecule has 2 fully saturated rings. The predicted octanol–water partition coefficient (Wildman–Crippen LogP) is -0.353. The largest absolute Gasteiger partial charge is 0.368 e. The number of primary amides is 1. The van der Waals surface area contributed by atoms with Gasteiger partial charge < -0.3 is 5.73 Å². The van der Waals surface area contributed by atoms with E-state index in [4.69, 9.17) is 5.73 Å². The number of nitrogens with zero attached hydrogens (tertiary/aromatic N) is 1. The SMILES string of the molecule is NC(=O)CN1C(=O)[C@@H]2CCCC[C@H]2C1=O. The molecule has 2 aliphatic rings. The molecule has 5 heteroatoms. The zero-order chi connectivity index (χ0) is 11.0. The molecule has 0 bridgehead atoms. The molecule has 0 spiro atoms. The number of hydrogen-bond acceptors (Lipinski definition) is 3. The second-order valence-corrected chi connectivity index (χ2v) is 4.23. The van der Waals surface area contributed by atoms with E-state index in [9.17, 15) is 14.4 Å². The quantitative estimate of drug-likeness (QED) is 0.632. The first-order valence-corrected chi connectivity index (χ1v) is 5.25. The zero-order valence-corrected chi connectivity index (χ0v) is 8.44. The third kappa shape index (κ3) is 1.62. The summed E-state index contributed by atoms with van der Waals surface area (Å²) in [5.74, 6) is -1.42. The molecular weight excluding hydrogens is 196 g/mol. The molecule has 1 heterocycles. The molecule has 2 N–H and O–H groups in total. The minimum absolute atomic E-state index is 0.189. The Labute approximate surface area is 87.6 Å². The Morgan fingerprint density at radius 1 is 1.20 bits per heavy atom. The number of amides is 3. The molecule has 0 aromatic rings. The first-order chi connectivity index (χ1) is 7.11. The van der Waals surface area contributed by atoms with Crippen molar-refractivity contribution in [2.24, 2.45) is 17.6 Å². The van der Waals surface area contributed by atoms with Crippen molar-refractivity contribution < 1.29 is 14.4 Å². The molecular formula is C10H14N2O3. The number of likely N-dealkylation sites (tertiary alicyclic amines) is 1. The van der Waals surface area contributed by atoms with Gasteiger partial charge in [-0.3, -0.25) is 19.3 Å². The molecule has 1 aliphatic carbocycles. The highest BCUT2D eigenvalue weighted by Crippen LogP contribution is 2.37. The molecule has 1 aliphatic heterocycles. The van der Waals surface area contributed by atoms with Crippen molar-refractivity contribution in [1.29, 1.82) is 0 Å². The second-order valence-electron chi connectivity index (χ2n) is 4.23. The van der Waals surface area contributed by atoms with E-state index in [1.165, 1.54) is 0 Å². The fourth-order valence-electron chi connectivity index (χ4n) is 2.54. The van der Waals surface area contributed by atoms with Crippen molar-refractivity contribution in [2.75, 3.05) is 6.54 Å².